The summed E-state index contributed by atoms with van der Waals surface area (Å²) in [6.45, 7) is 8.65. The number of amides is 1. The van der Waals surface area contributed by atoms with Crippen LogP contribution in [0.15, 0.2) is 66.1 Å². The first-order chi connectivity index (χ1) is 25.4. The first kappa shape index (κ1) is 37.5. The van der Waals surface area contributed by atoms with Crippen LogP contribution in [-0.2, 0) is 23.8 Å². The van der Waals surface area contributed by atoms with Crippen molar-refractivity contribution in [1.29, 1.82) is 0 Å². The summed E-state index contributed by atoms with van der Waals surface area (Å²) in [6, 6.07) is 12.5. The summed E-state index contributed by atoms with van der Waals surface area (Å²) in [5.74, 6) is 0.460. The van der Waals surface area contributed by atoms with Gasteiger partial charge in [0, 0.05) is 50.5 Å². The van der Waals surface area contributed by atoms with Crippen LogP contribution in [0, 0.1) is 22.7 Å². The molecule has 53 heavy (non-hydrogen) atoms. The Bertz CT molecular complexity index is 1710. The fourth-order valence-electron chi connectivity index (χ4n) is 9.82. The highest BCUT2D eigenvalue weighted by atomic mass is 16.6. The van der Waals surface area contributed by atoms with Gasteiger partial charge in [-0.25, -0.2) is 9.78 Å². The molecule has 1 aromatic carbocycles. The topological polar surface area (TPSA) is 149 Å². The molecule has 4 fully saturated rings. The molecule has 286 valence electrons. The number of aromatic nitrogens is 1. The second kappa shape index (κ2) is 14.8. The molecular formula is C41H55N5O7. The number of carbonyl (C=O) groups excluding carboxylic acids is 2. The molecule has 2 saturated heterocycles. The zero-order chi connectivity index (χ0) is 37.5. The van der Waals surface area contributed by atoms with Crippen LogP contribution < -0.4 is 15.5 Å². The Kier molecular flexibility index (Phi) is 10.5. The number of anilines is 2. The van der Waals surface area contributed by atoms with Crippen LogP contribution in [0.4, 0.5) is 11.5 Å². The Morgan fingerprint density at radius 3 is 2.53 bits per heavy atom. The summed E-state index contributed by atoms with van der Waals surface area (Å²) < 4.78 is 18.0. The van der Waals surface area contributed by atoms with Crippen LogP contribution in [0.5, 0.6) is 0 Å². The lowest BCUT2D eigenvalue weighted by molar-refractivity contribution is -0.184. The summed E-state index contributed by atoms with van der Waals surface area (Å²) in [5, 5.41) is 29.6. The van der Waals surface area contributed by atoms with Gasteiger partial charge in [-0.1, -0.05) is 32.0 Å². The molecule has 5 aliphatic rings. The maximum Gasteiger partial charge on any atom is 0.341 e. The standard InChI is InChI=1S/C41H55N5O7/c1-26(37(49)46-16-18-51-19-17-46)43-34-23-32-39(2,14-13-35(48)40(32,3)24-47)33(41(34)25-52-41)22-31(44-36-8-6-7-15-42-36)30-21-29(53-38(30)50)20-27-9-11-28(12-10-27)45(4)5/h6-12,15,20-21,26,31-35,43,47-48H,13-14,16-19,22-25H2,1-5H3,(H,42,44)/t26?,31?,32?,33?,34?,35-,39+,40+,41?/m1/s1. The average molecular weight is 730 g/mol. The third-order valence-corrected chi connectivity index (χ3v) is 13.0. The van der Waals surface area contributed by atoms with Crippen LogP contribution >= 0.6 is 0 Å². The van der Waals surface area contributed by atoms with Gasteiger partial charge in [-0.05, 0) is 91.8 Å². The number of hydrogen-bond donors (Lipinski definition) is 4. The van der Waals surface area contributed by atoms with Crippen LogP contribution in [0.1, 0.15) is 52.0 Å². The molecule has 1 aromatic heterocycles. The Labute approximate surface area is 312 Å². The molecule has 4 heterocycles. The average Bonchev–Trinajstić information content (AvgIpc) is 3.87. The van der Waals surface area contributed by atoms with E-state index in [1.54, 1.807) is 6.20 Å². The molecule has 7 rings (SSSR count). The smallest absolute Gasteiger partial charge is 0.341 e. The number of rotatable bonds is 11. The molecule has 2 saturated carbocycles. The van der Waals surface area contributed by atoms with Gasteiger partial charge in [0.05, 0.1) is 50.2 Å². The molecule has 3 aliphatic heterocycles. The number of morpholine rings is 1. The quantitative estimate of drug-likeness (QED) is 0.199. The lowest BCUT2D eigenvalue weighted by Crippen LogP contribution is -2.68. The third kappa shape index (κ3) is 7.12. The summed E-state index contributed by atoms with van der Waals surface area (Å²) >= 11 is 0. The Morgan fingerprint density at radius 2 is 1.89 bits per heavy atom. The molecule has 1 spiro atoms. The number of allylic oxidation sites excluding steroid dienone is 1. The minimum atomic E-state index is -0.771. The van der Waals surface area contributed by atoms with E-state index in [0.717, 1.165) is 17.7 Å². The van der Waals surface area contributed by atoms with Gasteiger partial charge >= 0.3 is 5.97 Å². The maximum atomic E-state index is 13.8. The van der Waals surface area contributed by atoms with Crippen molar-refractivity contribution in [1.82, 2.24) is 15.2 Å². The van der Waals surface area contributed by atoms with E-state index in [9.17, 15) is 19.8 Å². The number of nitrogens with one attached hydrogen (secondary N) is 2. The number of esters is 1. The molecule has 1 amide bonds. The van der Waals surface area contributed by atoms with Crippen molar-refractivity contribution in [3.05, 3.63) is 71.6 Å². The van der Waals surface area contributed by atoms with Crippen molar-refractivity contribution in [3.8, 4) is 0 Å². The van der Waals surface area contributed by atoms with Crippen LogP contribution in [0.25, 0.3) is 6.08 Å². The zero-order valence-electron chi connectivity index (χ0n) is 31.6. The van der Waals surface area contributed by atoms with E-state index in [0.29, 0.717) is 69.3 Å². The van der Waals surface area contributed by atoms with Crippen LogP contribution in [-0.4, -0.2) is 115 Å². The number of cyclic esters (lactones) is 1. The first-order valence-electron chi connectivity index (χ1n) is 19.0. The van der Waals surface area contributed by atoms with Gasteiger partial charge in [0.15, 0.2) is 0 Å². The van der Waals surface area contributed by atoms with E-state index in [-0.39, 0.29) is 35.8 Å². The van der Waals surface area contributed by atoms with Gasteiger partial charge in [0.25, 0.3) is 0 Å². The predicted octanol–water partition coefficient (Wildman–Crippen LogP) is 3.61. The van der Waals surface area contributed by atoms with E-state index in [4.69, 9.17) is 14.2 Å². The summed E-state index contributed by atoms with van der Waals surface area (Å²) in [6.07, 6.45) is 7.13. The number of aliphatic hydroxyl groups excluding tert-OH is 2. The number of fused-ring (bicyclic) bond motifs is 1. The molecule has 0 radical (unpaired) electrons. The molecule has 0 bridgehead atoms. The van der Waals surface area contributed by atoms with Gasteiger partial charge in [-0.3, -0.25) is 4.79 Å². The number of benzene rings is 1. The molecule has 2 aromatic rings. The van der Waals surface area contributed by atoms with Crippen molar-refractivity contribution in [2.75, 3.05) is 63.8 Å². The Morgan fingerprint density at radius 1 is 1.15 bits per heavy atom. The lowest BCUT2D eigenvalue weighted by atomic mass is 9.43. The maximum absolute atomic E-state index is 13.8. The van der Waals surface area contributed by atoms with Crippen molar-refractivity contribution in [2.45, 2.75) is 76.3 Å². The second-order valence-electron chi connectivity index (χ2n) is 16.4. The number of ether oxygens (including phenoxy) is 3. The highest BCUT2D eigenvalue weighted by Crippen LogP contribution is 2.66. The van der Waals surface area contributed by atoms with E-state index in [1.807, 2.05) is 92.4 Å². The van der Waals surface area contributed by atoms with E-state index in [1.165, 1.54) is 0 Å². The number of nitrogens with zero attached hydrogens (tertiary/aromatic N) is 3. The fraction of sp³-hybridized carbons (Fsp3) is 0.585. The number of hydrogen-bond acceptors (Lipinski definition) is 11. The molecule has 12 nitrogen and oxygen atoms in total. The number of epoxide rings is 1. The van der Waals surface area contributed by atoms with Crippen molar-refractivity contribution in [2.24, 2.45) is 22.7 Å². The van der Waals surface area contributed by atoms with Crippen molar-refractivity contribution >= 4 is 29.5 Å². The van der Waals surface area contributed by atoms with Crippen molar-refractivity contribution < 1.29 is 34.0 Å². The zero-order valence-corrected chi connectivity index (χ0v) is 31.6. The van der Waals surface area contributed by atoms with Crippen LogP contribution in [0.3, 0.4) is 0 Å². The normalized spacial score (nSPS) is 34.2. The highest BCUT2D eigenvalue weighted by molar-refractivity contribution is 5.95. The largest absolute Gasteiger partial charge is 0.423 e. The Balaban J connectivity index is 1.25. The highest BCUT2D eigenvalue weighted by Gasteiger charge is 2.71. The van der Waals surface area contributed by atoms with Gasteiger partial charge < -0.3 is 44.9 Å². The third-order valence-electron chi connectivity index (χ3n) is 13.0. The van der Waals surface area contributed by atoms with Gasteiger partial charge in [-0.15, -0.1) is 0 Å². The SMILES string of the molecule is CC(NC1CC2[C@](C)(CC[C@@H](O)[C@@]2(C)CO)C(CC(Nc2ccccn2)C2=CC(=Cc3ccc(N(C)C)cc3)OC2=O)C12CO2)C(=O)N1CCOCC1. The van der Waals surface area contributed by atoms with Gasteiger partial charge in [0.2, 0.25) is 5.91 Å². The summed E-state index contributed by atoms with van der Waals surface area (Å²) in [7, 11) is 3.98. The predicted molar refractivity (Wildman–Crippen MR) is 202 cm³/mol. The minimum Gasteiger partial charge on any atom is -0.423 e. The summed E-state index contributed by atoms with van der Waals surface area (Å²) in [5.41, 5.74) is 0.715. The molecule has 6 unspecified atom stereocenters. The van der Waals surface area contributed by atoms with Gasteiger partial charge in [-0.2, -0.15) is 0 Å². The second-order valence-corrected chi connectivity index (χ2v) is 16.4. The fourth-order valence-corrected chi connectivity index (χ4v) is 9.82. The van der Waals surface area contributed by atoms with Crippen LogP contribution in [0.2, 0.25) is 0 Å². The minimum absolute atomic E-state index is 0.0202. The molecule has 4 N–H and O–H groups in total. The summed E-state index contributed by atoms with van der Waals surface area (Å²) in [4.78, 5) is 35.9. The van der Waals surface area contributed by atoms with E-state index < -0.39 is 35.2 Å². The first-order valence-corrected chi connectivity index (χ1v) is 19.0. The monoisotopic (exact) mass is 729 g/mol. The molecule has 12 heteroatoms. The van der Waals surface area contributed by atoms with Gasteiger partial charge in [0.1, 0.15) is 17.2 Å². The number of carbonyl (C=O) groups is 2. The van der Waals surface area contributed by atoms with E-state index in [2.05, 4.69) is 22.5 Å². The number of pyridine rings is 1. The van der Waals surface area contributed by atoms with E-state index >= 15 is 0 Å². The van der Waals surface area contributed by atoms with Crippen molar-refractivity contribution in [3.63, 3.8) is 0 Å². The number of aliphatic hydroxyl groups is 2. The lowest BCUT2D eigenvalue weighted by Gasteiger charge is -2.63. The molecule has 9 atom stereocenters. The molecule has 2 aliphatic carbocycles. The Hall–Kier alpha value is -3.81. The molecular weight excluding hydrogens is 674 g/mol.